The fourth-order valence-electron chi connectivity index (χ4n) is 2.52. The molecule has 1 fully saturated rings. The SMILES string of the molecule is CCC1CCCCC1n1cn[nH]c1=S. The van der Waals surface area contributed by atoms with Crippen molar-refractivity contribution in [3.63, 3.8) is 0 Å². The third-order valence-electron chi connectivity index (χ3n) is 3.33. The van der Waals surface area contributed by atoms with Gasteiger partial charge in [0.2, 0.25) is 0 Å². The highest BCUT2D eigenvalue weighted by molar-refractivity contribution is 7.71. The lowest BCUT2D eigenvalue weighted by Crippen LogP contribution is -2.22. The van der Waals surface area contributed by atoms with Crippen molar-refractivity contribution in [2.45, 2.75) is 45.1 Å². The zero-order valence-corrected chi connectivity index (χ0v) is 9.39. The van der Waals surface area contributed by atoms with Crippen molar-refractivity contribution < 1.29 is 0 Å². The molecule has 0 spiro atoms. The van der Waals surface area contributed by atoms with Gasteiger partial charge in [-0.15, -0.1) is 0 Å². The van der Waals surface area contributed by atoms with Gasteiger partial charge in [-0.1, -0.05) is 26.2 Å². The molecule has 2 atom stereocenters. The molecule has 2 unspecified atom stereocenters. The Hall–Kier alpha value is -0.640. The molecule has 3 nitrogen and oxygen atoms in total. The summed E-state index contributed by atoms with van der Waals surface area (Å²) < 4.78 is 2.92. The second-order valence-corrected chi connectivity index (χ2v) is 4.48. The minimum Gasteiger partial charge on any atom is -0.303 e. The Morgan fingerprint density at radius 2 is 2.36 bits per heavy atom. The van der Waals surface area contributed by atoms with Crippen molar-refractivity contribution in [2.75, 3.05) is 0 Å². The third kappa shape index (κ3) is 1.75. The van der Waals surface area contributed by atoms with Crippen LogP contribution in [0.1, 0.15) is 45.1 Å². The molecular formula is C10H17N3S. The minimum absolute atomic E-state index is 0.583. The van der Waals surface area contributed by atoms with E-state index in [9.17, 15) is 0 Å². The zero-order chi connectivity index (χ0) is 9.97. The molecule has 1 aliphatic rings. The van der Waals surface area contributed by atoms with Crippen LogP contribution in [-0.4, -0.2) is 14.8 Å². The number of rotatable bonds is 2. The Bertz CT molecular complexity index is 341. The average molecular weight is 211 g/mol. The van der Waals surface area contributed by atoms with Crippen LogP contribution in [0.5, 0.6) is 0 Å². The molecule has 0 aliphatic heterocycles. The Morgan fingerprint density at radius 1 is 1.57 bits per heavy atom. The largest absolute Gasteiger partial charge is 0.303 e. The van der Waals surface area contributed by atoms with Crippen LogP contribution in [0.15, 0.2) is 6.33 Å². The number of hydrogen-bond donors (Lipinski definition) is 1. The van der Waals surface area contributed by atoms with Crippen LogP contribution < -0.4 is 0 Å². The minimum atomic E-state index is 0.583. The molecule has 1 N–H and O–H groups in total. The molecule has 0 amide bonds. The van der Waals surface area contributed by atoms with Gasteiger partial charge in [0.15, 0.2) is 4.77 Å². The van der Waals surface area contributed by atoms with Gasteiger partial charge >= 0.3 is 0 Å². The summed E-state index contributed by atoms with van der Waals surface area (Å²) in [6.07, 6.45) is 8.40. The Morgan fingerprint density at radius 3 is 3.00 bits per heavy atom. The molecule has 0 radical (unpaired) electrons. The lowest BCUT2D eigenvalue weighted by molar-refractivity contribution is 0.230. The second kappa shape index (κ2) is 4.26. The van der Waals surface area contributed by atoms with E-state index in [-0.39, 0.29) is 0 Å². The molecule has 0 bridgehead atoms. The second-order valence-electron chi connectivity index (χ2n) is 4.09. The zero-order valence-electron chi connectivity index (χ0n) is 8.57. The summed E-state index contributed by atoms with van der Waals surface area (Å²) in [5, 5.41) is 6.84. The highest BCUT2D eigenvalue weighted by Crippen LogP contribution is 2.35. The average Bonchev–Trinajstić information content (AvgIpc) is 2.64. The quantitative estimate of drug-likeness (QED) is 0.763. The first kappa shape index (κ1) is 9.90. The first-order valence-electron chi connectivity index (χ1n) is 5.44. The predicted molar refractivity (Wildman–Crippen MR) is 58.7 cm³/mol. The lowest BCUT2D eigenvalue weighted by atomic mass is 9.83. The molecule has 1 aliphatic carbocycles. The van der Waals surface area contributed by atoms with Crippen molar-refractivity contribution in [3.8, 4) is 0 Å². The molecule has 1 aromatic rings. The summed E-state index contributed by atoms with van der Waals surface area (Å²) in [6, 6.07) is 0.583. The standard InChI is InChI=1S/C10H17N3S/c1-2-8-5-3-4-6-9(8)13-7-11-12-10(13)14/h7-9H,2-6H2,1H3,(H,12,14). The van der Waals surface area contributed by atoms with E-state index in [2.05, 4.69) is 21.7 Å². The van der Waals surface area contributed by atoms with Gasteiger partial charge in [0.1, 0.15) is 6.33 Å². The summed E-state index contributed by atoms with van der Waals surface area (Å²) in [5.41, 5.74) is 0. The summed E-state index contributed by atoms with van der Waals surface area (Å²) in [5.74, 6) is 0.785. The molecule has 1 aromatic heterocycles. The molecule has 4 heteroatoms. The first-order chi connectivity index (χ1) is 6.83. The van der Waals surface area contributed by atoms with Crippen LogP contribution in [0.3, 0.4) is 0 Å². The number of nitrogens with one attached hydrogen (secondary N) is 1. The highest BCUT2D eigenvalue weighted by atomic mass is 32.1. The van der Waals surface area contributed by atoms with Crippen molar-refractivity contribution in [2.24, 2.45) is 5.92 Å². The maximum atomic E-state index is 5.21. The summed E-state index contributed by atoms with van der Waals surface area (Å²) in [6.45, 7) is 2.27. The number of aromatic amines is 1. The summed E-state index contributed by atoms with van der Waals surface area (Å²) >= 11 is 5.21. The number of hydrogen-bond acceptors (Lipinski definition) is 2. The first-order valence-corrected chi connectivity index (χ1v) is 5.85. The van der Waals surface area contributed by atoms with Gasteiger partial charge < -0.3 is 4.57 Å². The van der Waals surface area contributed by atoms with Crippen LogP contribution in [0.2, 0.25) is 0 Å². The Kier molecular flexibility index (Phi) is 3.01. The van der Waals surface area contributed by atoms with Crippen LogP contribution in [0.25, 0.3) is 0 Å². The maximum Gasteiger partial charge on any atom is 0.195 e. The van der Waals surface area contributed by atoms with Crippen LogP contribution in [-0.2, 0) is 0 Å². The monoisotopic (exact) mass is 211 g/mol. The van der Waals surface area contributed by atoms with Gasteiger partial charge in [0.25, 0.3) is 0 Å². The van der Waals surface area contributed by atoms with E-state index >= 15 is 0 Å². The Balaban J connectivity index is 2.23. The molecular weight excluding hydrogens is 194 g/mol. The van der Waals surface area contributed by atoms with Gasteiger partial charge in [-0.2, -0.15) is 5.10 Å². The molecule has 1 heterocycles. The number of H-pyrrole nitrogens is 1. The van der Waals surface area contributed by atoms with E-state index < -0.39 is 0 Å². The molecule has 0 aromatic carbocycles. The molecule has 0 saturated heterocycles. The molecule has 1 saturated carbocycles. The van der Waals surface area contributed by atoms with Crippen molar-refractivity contribution in [1.82, 2.24) is 14.8 Å². The van der Waals surface area contributed by atoms with E-state index in [1.54, 1.807) is 0 Å². The van der Waals surface area contributed by atoms with E-state index in [0.29, 0.717) is 6.04 Å². The highest BCUT2D eigenvalue weighted by Gasteiger charge is 2.25. The van der Waals surface area contributed by atoms with E-state index in [4.69, 9.17) is 12.2 Å². The van der Waals surface area contributed by atoms with E-state index in [0.717, 1.165) is 10.7 Å². The van der Waals surface area contributed by atoms with E-state index in [1.807, 2.05) is 6.33 Å². The third-order valence-corrected chi connectivity index (χ3v) is 3.63. The smallest absolute Gasteiger partial charge is 0.195 e. The lowest BCUT2D eigenvalue weighted by Gasteiger charge is -2.31. The van der Waals surface area contributed by atoms with Gasteiger partial charge in [-0.05, 0) is 31.0 Å². The topological polar surface area (TPSA) is 33.6 Å². The van der Waals surface area contributed by atoms with Gasteiger partial charge in [-0.25, -0.2) is 0 Å². The maximum absolute atomic E-state index is 5.21. The van der Waals surface area contributed by atoms with E-state index in [1.165, 1.54) is 32.1 Å². The van der Waals surface area contributed by atoms with Gasteiger partial charge in [0.05, 0.1) is 0 Å². The van der Waals surface area contributed by atoms with Crippen LogP contribution in [0, 0.1) is 10.7 Å². The van der Waals surface area contributed by atoms with Crippen LogP contribution in [0.4, 0.5) is 0 Å². The summed E-state index contributed by atoms with van der Waals surface area (Å²) in [7, 11) is 0. The number of nitrogens with zero attached hydrogens (tertiary/aromatic N) is 2. The van der Waals surface area contributed by atoms with Crippen LogP contribution >= 0.6 is 12.2 Å². The fraction of sp³-hybridized carbons (Fsp3) is 0.800. The normalized spacial score (nSPS) is 27.8. The summed E-state index contributed by atoms with van der Waals surface area (Å²) in [4.78, 5) is 0. The van der Waals surface area contributed by atoms with Crippen molar-refractivity contribution in [1.29, 1.82) is 0 Å². The van der Waals surface area contributed by atoms with Crippen molar-refractivity contribution >= 4 is 12.2 Å². The molecule has 78 valence electrons. The van der Waals surface area contributed by atoms with Gasteiger partial charge in [0, 0.05) is 6.04 Å². The molecule has 14 heavy (non-hydrogen) atoms. The number of aromatic nitrogens is 3. The van der Waals surface area contributed by atoms with Crippen molar-refractivity contribution in [3.05, 3.63) is 11.1 Å². The fourth-order valence-corrected chi connectivity index (χ4v) is 2.76. The van der Waals surface area contributed by atoms with Gasteiger partial charge in [-0.3, -0.25) is 5.10 Å². The molecule has 2 rings (SSSR count). The Labute approximate surface area is 89.5 Å². The predicted octanol–water partition coefficient (Wildman–Crippen LogP) is 3.08.